The van der Waals surface area contributed by atoms with Crippen molar-refractivity contribution in [1.29, 1.82) is 0 Å². The van der Waals surface area contributed by atoms with Crippen LogP contribution in [0.2, 0.25) is 0 Å². The Balaban J connectivity index is 1.49. The van der Waals surface area contributed by atoms with Crippen molar-refractivity contribution >= 4 is 5.91 Å². The molecular weight excluding hydrogens is 248 g/mol. The van der Waals surface area contributed by atoms with Gasteiger partial charge in [-0.2, -0.15) is 0 Å². The van der Waals surface area contributed by atoms with E-state index in [0.717, 1.165) is 37.5 Å². The smallest absolute Gasteiger partial charge is 0.226 e. The topological polar surface area (TPSA) is 23.6 Å². The molecule has 2 fully saturated rings. The van der Waals surface area contributed by atoms with Gasteiger partial charge in [-0.3, -0.25) is 4.79 Å². The molecule has 1 aromatic rings. The lowest BCUT2D eigenvalue weighted by Crippen LogP contribution is -2.46. The summed E-state index contributed by atoms with van der Waals surface area (Å²) in [6.07, 6.45) is 5.57. The molecule has 108 valence electrons. The summed E-state index contributed by atoms with van der Waals surface area (Å²) in [5.74, 6) is 0.288. The molecule has 0 bridgehead atoms. The highest BCUT2D eigenvalue weighted by Gasteiger charge is 2.28. The van der Waals surface area contributed by atoms with Crippen LogP contribution in [-0.4, -0.2) is 47.9 Å². The van der Waals surface area contributed by atoms with Gasteiger partial charge in [-0.1, -0.05) is 30.3 Å². The normalized spacial score (nSPS) is 21.3. The van der Waals surface area contributed by atoms with Crippen LogP contribution in [0.1, 0.15) is 31.2 Å². The molecule has 1 aromatic carbocycles. The second-order valence-electron chi connectivity index (χ2n) is 6.02. The Morgan fingerprint density at radius 2 is 1.65 bits per heavy atom. The summed E-state index contributed by atoms with van der Waals surface area (Å²) >= 11 is 0. The Labute approximate surface area is 121 Å². The molecule has 2 heterocycles. The number of carbonyl (C=O) groups is 1. The molecule has 0 saturated carbocycles. The zero-order chi connectivity index (χ0) is 13.8. The van der Waals surface area contributed by atoms with Gasteiger partial charge >= 0.3 is 0 Å². The standard InChI is InChI=1S/C17H24N2O/c20-17(14-15-6-2-1-3-7-15)19-12-8-16(9-13-19)18-10-4-5-11-18/h1-3,6-7,16H,4-5,8-14H2. The lowest BCUT2D eigenvalue weighted by Gasteiger charge is -2.36. The van der Waals surface area contributed by atoms with Crippen molar-refractivity contribution in [2.75, 3.05) is 26.2 Å². The fourth-order valence-corrected chi connectivity index (χ4v) is 3.47. The SMILES string of the molecule is O=C(Cc1ccccc1)N1CCC(N2CCCC2)CC1. The third-order valence-corrected chi connectivity index (χ3v) is 4.67. The largest absolute Gasteiger partial charge is 0.342 e. The molecule has 0 atom stereocenters. The van der Waals surface area contributed by atoms with Gasteiger partial charge in [-0.25, -0.2) is 0 Å². The number of amides is 1. The van der Waals surface area contributed by atoms with Crippen LogP contribution in [0.3, 0.4) is 0 Å². The molecule has 20 heavy (non-hydrogen) atoms. The van der Waals surface area contributed by atoms with Gasteiger partial charge in [0.25, 0.3) is 0 Å². The highest BCUT2D eigenvalue weighted by atomic mass is 16.2. The van der Waals surface area contributed by atoms with Gasteiger partial charge in [-0.05, 0) is 44.3 Å². The fourth-order valence-electron chi connectivity index (χ4n) is 3.47. The summed E-state index contributed by atoms with van der Waals surface area (Å²) < 4.78 is 0. The molecule has 3 nitrogen and oxygen atoms in total. The number of hydrogen-bond donors (Lipinski definition) is 0. The first-order chi connectivity index (χ1) is 9.83. The fraction of sp³-hybridized carbons (Fsp3) is 0.588. The first-order valence-electron chi connectivity index (χ1n) is 7.89. The predicted molar refractivity (Wildman–Crippen MR) is 80.6 cm³/mol. The highest BCUT2D eigenvalue weighted by molar-refractivity contribution is 5.78. The first-order valence-corrected chi connectivity index (χ1v) is 7.89. The summed E-state index contributed by atoms with van der Waals surface area (Å²) in [4.78, 5) is 17.0. The molecule has 0 spiro atoms. The minimum Gasteiger partial charge on any atom is -0.342 e. The van der Waals surface area contributed by atoms with Crippen LogP contribution in [0.15, 0.2) is 30.3 Å². The third kappa shape index (κ3) is 3.21. The molecule has 2 aliphatic heterocycles. The van der Waals surface area contributed by atoms with Gasteiger partial charge in [-0.15, -0.1) is 0 Å². The van der Waals surface area contributed by atoms with Gasteiger partial charge < -0.3 is 9.80 Å². The van der Waals surface area contributed by atoms with Crippen LogP contribution >= 0.6 is 0 Å². The Kier molecular flexibility index (Phi) is 4.36. The van der Waals surface area contributed by atoms with Crippen molar-refractivity contribution in [2.24, 2.45) is 0 Å². The van der Waals surface area contributed by atoms with E-state index in [1.165, 1.54) is 25.9 Å². The Morgan fingerprint density at radius 3 is 2.30 bits per heavy atom. The number of benzene rings is 1. The second kappa shape index (κ2) is 6.40. The van der Waals surface area contributed by atoms with E-state index in [4.69, 9.17) is 0 Å². The molecule has 0 aliphatic carbocycles. The predicted octanol–water partition coefficient (Wildman–Crippen LogP) is 2.32. The van der Waals surface area contributed by atoms with Gasteiger partial charge in [0.2, 0.25) is 5.91 Å². The number of piperidine rings is 1. The minimum atomic E-state index is 0.288. The van der Waals surface area contributed by atoms with E-state index in [2.05, 4.69) is 9.80 Å². The van der Waals surface area contributed by atoms with Crippen LogP contribution in [0.4, 0.5) is 0 Å². The zero-order valence-corrected chi connectivity index (χ0v) is 12.1. The first kappa shape index (κ1) is 13.6. The zero-order valence-electron chi connectivity index (χ0n) is 12.1. The van der Waals surface area contributed by atoms with E-state index < -0.39 is 0 Å². The van der Waals surface area contributed by atoms with Crippen molar-refractivity contribution in [3.05, 3.63) is 35.9 Å². The van der Waals surface area contributed by atoms with E-state index in [-0.39, 0.29) is 5.91 Å². The van der Waals surface area contributed by atoms with Crippen molar-refractivity contribution < 1.29 is 4.79 Å². The highest BCUT2D eigenvalue weighted by Crippen LogP contribution is 2.21. The molecule has 3 heteroatoms. The molecular formula is C17H24N2O. The maximum atomic E-state index is 12.3. The maximum Gasteiger partial charge on any atom is 0.226 e. The van der Waals surface area contributed by atoms with Gasteiger partial charge in [0, 0.05) is 19.1 Å². The van der Waals surface area contributed by atoms with Crippen molar-refractivity contribution in [3.63, 3.8) is 0 Å². The van der Waals surface area contributed by atoms with Crippen LogP contribution in [0, 0.1) is 0 Å². The summed E-state index contributed by atoms with van der Waals surface area (Å²) in [6.45, 7) is 4.41. The maximum absolute atomic E-state index is 12.3. The van der Waals surface area contributed by atoms with Gasteiger partial charge in [0.1, 0.15) is 0 Å². The number of likely N-dealkylation sites (tertiary alicyclic amines) is 2. The van der Waals surface area contributed by atoms with E-state index in [1.54, 1.807) is 0 Å². The van der Waals surface area contributed by atoms with Crippen LogP contribution in [-0.2, 0) is 11.2 Å². The van der Waals surface area contributed by atoms with Crippen molar-refractivity contribution in [2.45, 2.75) is 38.1 Å². The molecule has 3 rings (SSSR count). The van der Waals surface area contributed by atoms with Gasteiger partial charge in [0.05, 0.1) is 6.42 Å². The number of rotatable bonds is 3. The van der Waals surface area contributed by atoms with Crippen LogP contribution in [0.25, 0.3) is 0 Å². The molecule has 2 saturated heterocycles. The monoisotopic (exact) mass is 272 g/mol. The molecule has 0 aromatic heterocycles. The average molecular weight is 272 g/mol. The van der Waals surface area contributed by atoms with Gasteiger partial charge in [0.15, 0.2) is 0 Å². The quantitative estimate of drug-likeness (QED) is 0.843. The molecule has 2 aliphatic rings. The number of carbonyl (C=O) groups excluding carboxylic acids is 1. The minimum absolute atomic E-state index is 0.288. The number of hydrogen-bond acceptors (Lipinski definition) is 2. The average Bonchev–Trinajstić information content (AvgIpc) is 3.03. The Morgan fingerprint density at radius 1 is 1.00 bits per heavy atom. The van der Waals surface area contributed by atoms with E-state index in [1.807, 2.05) is 30.3 Å². The van der Waals surface area contributed by atoms with Crippen LogP contribution < -0.4 is 0 Å². The van der Waals surface area contributed by atoms with Crippen LogP contribution in [0.5, 0.6) is 0 Å². The lowest BCUT2D eigenvalue weighted by molar-refractivity contribution is -0.132. The Hall–Kier alpha value is -1.35. The van der Waals surface area contributed by atoms with E-state index in [9.17, 15) is 4.79 Å². The van der Waals surface area contributed by atoms with Crippen molar-refractivity contribution in [1.82, 2.24) is 9.80 Å². The Bertz CT molecular complexity index is 432. The van der Waals surface area contributed by atoms with E-state index >= 15 is 0 Å². The van der Waals surface area contributed by atoms with Crippen molar-refractivity contribution in [3.8, 4) is 0 Å². The molecule has 0 radical (unpaired) electrons. The second-order valence-corrected chi connectivity index (χ2v) is 6.02. The number of nitrogens with zero attached hydrogens (tertiary/aromatic N) is 2. The van der Waals surface area contributed by atoms with E-state index in [0.29, 0.717) is 6.42 Å². The third-order valence-electron chi connectivity index (χ3n) is 4.67. The molecule has 1 amide bonds. The molecule has 0 N–H and O–H groups in total. The summed E-state index contributed by atoms with van der Waals surface area (Å²) in [5.41, 5.74) is 1.12. The summed E-state index contributed by atoms with van der Waals surface area (Å²) in [7, 11) is 0. The molecule has 0 unspecified atom stereocenters. The summed E-state index contributed by atoms with van der Waals surface area (Å²) in [6, 6.07) is 10.8. The summed E-state index contributed by atoms with van der Waals surface area (Å²) in [5, 5.41) is 0. The lowest BCUT2D eigenvalue weighted by atomic mass is 10.0.